The molecule has 92 valence electrons. The molecule has 0 amide bonds. The molecule has 16 heavy (non-hydrogen) atoms. The highest BCUT2D eigenvalue weighted by Gasteiger charge is 2.43. The highest BCUT2D eigenvalue weighted by molar-refractivity contribution is 5.90. The summed E-state index contributed by atoms with van der Waals surface area (Å²) in [6.07, 6.45) is 5.02. The zero-order chi connectivity index (χ0) is 12.2. The van der Waals surface area contributed by atoms with Gasteiger partial charge in [0, 0.05) is 6.42 Å². The molecule has 0 aromatic carbocycles. The first-order chi connectivity index (χ1) is 7.56. The van der Waals surface area contributed by atoms with E-state index >= 15 is 0 Å². The van der Waals surface area contributed by atoms with Crippen LogP contribution in [-0.2, 0) is 4.79 Å². The lowest BCUT2D eigenvalue weighted by atomic mass is 9.86. The molecule has 1 saturated carbocycles. The van der Waals surface area contributed by atoms with Gasteiger partial charge in [-0.15, -0.1) is 0 Å². The molecule has 0 radical (unpaired) electrons. The van der Waals surface area contributed by atoms with Crippen molar-refractivity contribution in [2.24, 2.45) is 0 Å². The largest absolute Gasteiger partial charge is 0.297 e. The standard InChI is InChI=1S/C14H25NO/c1-5-15(6-2)14(9-7-8-10-14)13(16)11-12(3)4/h3,5-11H2,1-2,4H3. The molecule has 0 aliphatic heterocycles. The van der Waals surface area contributed by atoms with E-state index < -0.39 is 0 Å². The number of hydrogen-bond acceptors (Lipinski definition) is 2. The third-order valence-electron chi connectivity index (χ3n) is 3.78. The Morgan fingerprint density at radius 2 is 1.75 bits per heavy atom. The summed E-state index contributed by atoms with van der Waals surface area (Å²) in [5, 5.41) is 0. The van der Waals surface area contributed by atoms with E-state index in [-0.39, 0.29) is 5.54 Å². The van der Waals surface area contributed by atoms with Gasteiger partial charge >= 0.3 is 0 Å². The number of Topliss-reactive ketones (excluding diaryl/α,β-unsaturated/α-hetero) is 1. The van der Waals surface area contributed by atoms with E-state index in [2.05, 4.69) is 25.3 Å². The molecular formula is C14H25NO. The van der Waals surface area contributed by atoms with Crippen molar-refractivity contribution in [2.45, 2.75) is 58.4 Å². The van der Waals surface area contributed by atoms with Gasteiger partial charge in [0.1, 0.15) is 0 Å². The van der Waals surface area contributed by atoms with Gasteiger partial charge in [0.25, 0.3) is 0 Å². The number of carbonyl (C=O) groups excluding carboxylic acids is 1. The van der Waals surface area contributed by atoms with Crippen molar-refractivity contribution in [2.75, 3.05) is 13.1 Å². The Balaban J connectivity index is 2.87. The van der Waals surface area contributed by atoms with Crippen LogP contribution in [0.2, 0.25) is 0 Å². The van der Waals surface area contributed by atoms with Crippen LogP contribution in [0.3, 0.4) is 0 Å². The predicted molar refractivity (Wildman–Crippen MR) is 68.6 cm³/mol. The topological polar surface area (TPSA) is 20.3 Å². The molecule has 2 nitrogen and oxygen atoms in total. The van der Waals surface area contributed by atoms with Crippen LogP contribution in [0, 0.1) is 0 Å². The van der Waals surface area contributed by atoms with E-state index in [4.69, 9.17) is 0 Å². The normalized spacial score (nSPS) is 19.0. The Morgan fingerprint density at radius 3 is 2.12 bits per heavy atom. The van der Waals surface area contributed by atoms with Crippen molar-refractivity contribution in [3.05, 3.63) is 12.2 Å². The van der Waals surface area contributed by atoms with Gasteiger partial charge in [0.15, 0.2) is 5.78 Å². The minimum absolute atomic E-state index is 0.164. The average molecular weight is 223 g/mol. The molecule has 1 aliphatic rings. The van der Waals surface area contributed by atoms with Gasteiger partial charge in [0.05, 0.1) is 5.54 Å². The summed E-state index contributed by atoms with van der Waals surface area (Å²) in [6, 6.07) is 0. The molecule has 1 aliphatic carbocycles. The summed E-state index contributed by atoms with van der Waals surface area (Å²) in [5.74, 6) is 0.390. The number of hydrogen-bond donors (Lipinski definition) is 0. The first-order valence-electron chi connectivity index (χ1n) is 6.49. The zero-order valence-electron chi connectivity index (χ0n) is 11.0. The Hall–Kier alpha value is -0.630. The minimum Gasteiger partial charge on any atom is -0.297 e. The highest BCUT2D eigenvalue weighted by Crippen LogP contribution is 2.37. The van der Waals surface area contributed by atoms with Crippen molar-refractivity contribution >= 4 is 5.78 Å². The van der Waals surface area contributed by atoms with Crippen LogP contribution >= 0.6 is 0 Å². The Morgan fingerprint density at radius 1 is 1.25 bits per heavy atom. The molecule has 1 rings (SSSR count). The van der Waals surface area contributed by atoms with Crippen LogP contribution in [0.4, 0.5) is 0 Å². The first-order valence-corrected chi connectivity index (χ1v) is 6.49. The maximum atomic E-state index is 12.4. The van der Waals surface area contributed by atoms with Crippen LogP contribution in [0.5, 0.6) is 0 Å². The van der Waals surface area contributed by atoms with E-state index in [1.807, 2.05) is 6.92 Å². The van der Waals surface area contributed by atoms with Crippen LogP contribution in [0.1, 0.15) is 52.9 Å². The minimum atomic E-state index is -0.164. The molecule has 1 fully saturated rings. The lowest BCUT2D eigenvalue weighted by molar-refractivity contribution is -0.130. The van der Waals surface area contributed by atoms with Gasteiger partial charge in [-0.25, -0.2) is 0 Å². The molecule has 0 heterocycles. The van der Waals surface area contributed by atoms with Gasteiger partial charge in [-0.1, -0.05) is 38.8 Å². The quantitative estimate of drug-likeness (QED) is 0.645. The fourth-order valence-electron chi connectivity index (χ4n) is 3.00. The molecule has 0 spiro atoms. The predicted octanol–water partition coefficient (Wildman–Crippen LogP) is 3.18. The van der Waals surface area contributed by atoms with Gasteiger partial charge in [-0.3, -0.25) is 9.69 Å². The summed E-state index contributed by atoms with van der Waals surface area (Å²) in [7, 11) is 0. The van der Waals surface area contributed by atoms with Gasteiger partial charge in [-0.05, 0) is 32.9 Å². The lowest BCUT2D eigenvalue weighted by Crippen LogP contribution is -2.52. The highest BCUT2D eigenvalue weighted by atomic mass is 16.1. The second-order valence-corrected chi connectivity index (χ2v) is 4.97. The second kappa shape index (κ2) is 5.62. The molecule has 0 aromatic rings. The van der Waals surface area contributed by atoms with Gasteiger partial charge < -0.3 is 0 Å². The molecule has 0 saturated heterocycles. The van der Waals surface area contributed by atoms with Crippen LogP contribution in [0.15, 0.2) is 12.2 Å². The van der Waals surface area contributed by atoms with Crippen LogP contribution in [-0.4, -0.2) is 29.3 Å². The summed E-state index contributed by atoms with van der Waals surface area (Å²) in [6.45, 7) is 12.1. The summed E-state index contributed by atoms with van der Waals surface area (Å²) >= 11 is 0. The van der Waals surface area contributed by atoms with Gasteiger partial charge in [-0.2, -0.15) is 0 Å². The maximum absolute atomic E-state index is 12.4. The average Bonchev–Trinajstić information content (AvgIpc) is 2.69. The van der Waals surface area contributed by atoms with Crippen LogP contribution in [0.25, 0.3) is 0 Å². The molecular weight excluding hydrogens is 198 g/mol. The fraction of sp³-hybridized carbons (Fsp3) is 0.786. The van der Waals surface area contributed by atoms with E-state index in [0.29, 0.717) is 12.2 Å². The molecule has 0 unspecified atom stereocenters. The maximum Gasteiger partial charge on any atom is 0.157 e. The zero-order valence-corrected chi connectivity index (χ0v) is 11.0. The van der Waals surface area contributed by atoms with Crippen molar-refractivity contribution in [3.63, 3.8) is 0 Å². The summed E-state index contributed by atoms with van der Waals surface area (Å²) in [4.78, 5) is 14.8. The summed E-state index contributed by atoms with van der Waals surface area (Å²) in [5.41, 5.74) is 0.825. The van der Waals surface area contributed by atoms with E-state index in [0.717, 1.165) is 31.5 Å². The number of nitrogens with zero attached hydrogens (tertiary/aromatic N) is 1. The number of likely N-dealkylation sites (N-methyl/N-ethyl adjacent to an activating group) is 1. The number of allylic oxidation sites excluding steroid dienone is 1. The Bertz CT molecular complexity index is 260. The second-order valence-electron chi connectivity index (χ2n) is 4.97. The summed E-state index contributed by atoms with van der Waals surface area (Å²) < 4.78 is 0. The van der Waals surface area contributed by atoms with E-state index in [1.165, 1.54) is 12.8 Å². The Labute approximate surface area is 99.7 Å². The monoisotopic (exact) mass is 223 g/mol. The number of rotatable bonds is 6. The molecule has 0 aromatic heterocycles. The van der Waals surface area contributed by atoms with Crippen molar-refractivity contribution in [3.8, 4) is 0 Å². The molecule has 0 atom stereocenters. The van der Waals surface area contributed by atoms with Crippen molar-refractivity contribution in [1.29, 1.82) is 0 Å². The van der Waals surface area contributed by atoms with Gasteiger partial charge in [0.2, 0.25) is 0 Å². The van der Waals surface area contributed by atoms with E-state index in [1.54, 1.807) is 0 Å². The molecule has 2 heteroatoms. The Kier molecular flexibility index (Phi) is 4.72. The SMILES string of the molecule is C=C(C)CC(=O)C1(N(CC)CC)CCCC1. The number of ketones is 1. The number of carbonyl (C=O) groups is 1. The van der Waals surface area contributed by atoms with Crippen molar-refractivity contribution in [1.82, 2.24) is 4.90 Å². The smallest absolute Gasteiger partial charge is 0.157 e. The molecule has 0 N–H and O–H groups in total. The third kappa shape index (κ3) is 2.54. The third-order valence-corrected chi connectivity index (χ3v) is 3.78. The van der Waals surface area contributed by atoms with Crippen LogP contribution < -0.4 is 0 Å². The fourth-order valence-corrected chi connectivity index (χ4v) is 3.00. The molecule has 0 bridgehead atoms. The van der Waals surface area contributed by atoms with Crippen molar-refractivity contribution < 1.29 is 4.79 Å². The van der Waals surface area contributed by atoms with E-state index in [9.17, 15) is 4.79 Å². The lowest BCUT2D eigenvalue weighted by Gasteiger charge is -2.39. The first kappa shape index (κ1) is 13.4.